The van der Waals surface area contributed by atoms with Gasteiger partial charge in [0, 0.05) is 23.5 Å². The fourth-order valence-electron chi connectivity index (χ4n) is 1.82. The number of amides is 1. The number of hydrogen-bond donors (Lipinski definition) is 1. The van der Waals surface area contributed by atoms with Crippen LogP contribution >= 0.6 is 11.3 Å². The molecule has 0 aliphatic rings. The third-order valence-electron chi connectivity index (χ3n) is 2.96. The van der Waals surface area contributed by atoms with E-state index in [9.17, 15) is 4.79 Å². The van der Waals surface area contributed by atoms with Gasteiger partial charge in [0.25, 0.3) is 5.91 Å². The van der Waals surface area contributed by atoms with Crippen molar-refractivity contribution in [1.82, 2.24) is 15.2 Å². The van der Waals surface area contributed by atoms with Crippen LogP contribution in [0.5, 0.6) is 0 Å². The molecule has 0 saturated heterocycles. The number of pyridine rings is 1. The summed E-state index contributed by atoms with van der Waals surface area (Å²) < 4.78 is 0. The molecule has 0 radical (unpaired) electrons. The van der Waals surface area contributed by atoms with Gasteiger partial charge in [0.1, 0.15) is 0 Å². The lowest BCUT2D eigenvalue weighted by Crippen LogP contribution is -2.11. The van der Waals surface area contributed by atoms with E-state index in [0.717, 1.165) is 11.1 Å². The molecule has 5 nitrogen and oxygen atoms in total. The van der Waals surface area contributed by atoms with Crippen molar-refractivity contribution in [3.05, 3.63) is 66.5 Å². The second-order valence-electron chi connectivity index (χ2n) is 4.43. The molecule has 1 aromatic carbocycles. The molecule has 0 saturated carbocycles. The molecular weight excluding hydrogens is 296 g/mol. The molecule has 0 bridgehead atoms. The highest BCUT2D eigenvalue weighted by Gasteiger charge is 2.11. The van der Waals surface area contributed by atoms with E-state index in [2.05, 4.69) is 27.1 Å². The van der Waals surface area contributed by atoms with Gasteiger partial charge in [-0.25, -0.2) is 0 Å². The van der Waals surface area contributed by atoms with Crippen LogP contribution in [0.1, 0.15) is 15.9 Å². The molecule has 108 valence electrons. The third-order valence-corrected chi connectivity index (χ3v) is 3.85. The number of carbonyl (C=O) groups excluding carboxylic acids is 1. The Kier molecular flexibility index (Phi) is 4.02. The Balaban J connectivity index is 1.74. The molecule has 6 heteroatoms. The number of nitrogens with one attached hydrogen (secondary N) is 1. The highest BCUT2D eigenvalue weighted by Crippen LogP contribution is 2.25. The quantitative estimate of drug-likeness (QED) is 0.801. The van der Waals surface area contributed by atoms with Crippen LogP contribution in [0.15, 0.2) is 55.4 Å². The van der Waals surface area contributed by atoms with E-state index in [0.29, 0.717) is 15.7 Å². The van der Waals surface area contributed by atoms with Crippen LogP contribution in [0.4, 0.5) is 5.13 Å². The van der Waals surface area contributed by atoms with E-state index >= 15 is 0 Å². The average molecular weight is 308 g/mol. The smallest absolute Gasteiger partial charge is 0.257 e. The second kappa shape index (κ2) is 6.28. The maximum atomic E-state index is 12.1. The molecule has 0 atom stereocenters. The van der Waals surface area contributed by atoms with Gasteiger partial charge in [-0.1, -0.05) is 36.1 Å². The fraction of sp³-hybridized carbons (Fsp3) is 0. The van der Waals surface area contributed by atoms with Gasteiger partial charge in [-0.05, 0) is 29.8 Å². The lowest BCUT2D eigenvalue weighted by molar-refractivity contribution is 0.102. The van der Waals surface area contributed by atoms with Crippen molar-refractivity contribution in [3.8, 4) is 10.6 Å². The molecule has 2 aromatic heterocycles. The topological polar surface area (TPSA) is 67.8 Å². The zero-order valence-corrected chi connectivity index (χ0v) is 12.4. The minimum atomic E-state index is -0.218. The van der Waals surface area contributed by atoms with E-state index in [1.54, 1.807) is 30.6 Å². The van der Waals surface area contributed by atoms with Crippen molar-refractivity contribution in [2.75, 3.05) is 5.32 Å². The zero-order valence-electron chi connectivity index (χ0n) is 11.6. The molecule has 2 heterocycles. The number of rotatable bonds is 4. The largest absolute Gasteiger partial charge is 0.296 e. The first kappa shape index (κ1) is 14.1. The summed E-state index contributed by atoms with van der Waals surface area (Å²) in [6.45, 7) is 3.68. The van der Waals surface area contributed by atoms with E-state index < -0.39 is 0 Å². The summed E-state index contributed by atoms with van der Waals surface area (Å²) in [7, 11) is 0. The fourth-order valence-corrected chi connectivity index (χ4v) is 2.55. The van der Waals surface area contributed by atoms with E-state index in [1.165, 1.54) is 11.3 Å². The normalized spacial score (nSPS) is 10.2. The Morgan fingerprint density at radius 2 is 2.00 bits per heavy atom. The Bertz CT molecular complexity index is 797. The van der Waals surface area contributed by atoms with Crippen LogP contribution in [0.25, 0.3) is 16.6 Å². The van der Waals surface area contributed by atoms with Crippen molar-refractivity contribution in [3.63, 3.8) is 0 Å². The minimum absolute atomic E-state index is 0.218. The van der Waals surface area contributed by atoms with Crippen molar-refractivity contribution in [1.29, 1.82) is 0 Å². The highest BCUT2D eigenvalue weighted by molar-refractivity contribution is 7.18. The number of aromatic nitrogens is 3. The number of carbonyl (C=O) groups is 1. The number of benzene rings is 1. The van der Waals surface area contributed by atoms with Gasteiger partial charge in [0.2, 0.25) is 5.13 Å². The maximum Gasteiger partial charge on any atom is 0.257 e. The molecule has 22 heavy (non-hydrogen) atoms. The molecular formula is C16H12N4OS. The standard InChI is InChI=1S/C16H12N4OS/c1-2-11-5-7-12(8-6-11)14(21)18-16-20-19-15(22-16)13-4-3-9-17-10-13/h2-10H,1H2,(H,18,20,21). The van der Waals surface area contributed by atoms with Gasteiger partial charge < -0.3 is 0 Å². The van der Waals surface area contributed by atoms with Gasteiger partial charge in [-0.3, -0.25) is 15.1 Å². The summed E-state index contributed by atoms with van der Waals surface area (Å²) in [4.78, 5) is 16.2. The van der Waals surface area contributed by atoms with Crippen LogP contribution in [0.3, 0.4) is 0 Å². The predicted octanol–water partition coefficient (Wildman–Crippen LogP) is 3.50. The summed E-state index contributed by atoms with van der Waals surface area (Å²) in [5, 5.41) is 12.0. The Morgan fingerprint density at radius 3 is 2.68 bits per heavy atom. The van der Waals surface area contributed by atoms with E-state index in [4.69, 9.17) is 0 Å². The Morgan fingerprint density at radius 1 is 1.18 bits per heavy atom. The molecule has 0 spiro atoms. The molecule has 3 aromatic rings. The first-order chi connectivity index (χ1) is 10.8. The monoisotopic (exact) mass is 308 g/mol. The van der Waals surface area contributed by atoms with Gasteiger partial charge in [-0.15, -0.1) is 10.2 Å². The first-order valence-corrected chi connectivity index (χ1v) is 7.35. The van der Waals surface area contributed by atoms with Gasteiger partial charge in [0.05, 0.1) is 0 Å². The predicted molar refractivity (Wildman–Crippen MR) is 87.6 cm³/mol. The SMILES string of the molecule is C=Cc1ccc(C(=O)Nc2nnc(-c3cccnc3)s2)cc1. The van der Waals surface area contributed by atoms with Crippen molar-refractivity contribution >= 4 is 28.5 Å². The summed E-state index contributed by atoms with van der Waals surface area (Å²) in [6, 6.07) is 10.9. The van der Waals surface area contributed by atoms with Crippen molar-refractivity contribution in [2.45, 2.75) is 0 Å². The molecule has 0 aliphatic carbocycles. The Hall–Kier alpha value is -2.86. The zero-order chi connectivity index (χ0) is 15.4. The van der Waals surface area contributed by atoms with Crippen molar-refractivity contribution < 1.29 is 4.79 Å². The number of hydrogen-bond acceptors (Lipinski definition) is 5. The first-order valence-electron chi connectivity index (χ1n) is 6.54. The summed E-state index contributed by atoms with van der Waals surface area (Å²) in [5.74, 6) is -0.218. The van der Waals surface area contributed by atoms with Crippen LogP contribution in [0.2, 0.25) is 0 Å². The molecule has 0 fully saturated rings. The van der Waals surface area contributed by atoms with E-state index in [1.807, 2.05) is 24.3 Å². The minimum Gasteiger partial charge on any atom is -0.296 e. The lowest BCUT2D eigenvalue weighted by Gasteiger charge is -2.01. The van der Waals surface area contributed by atoms with Crippen LogP contribution in [0, 0.1) is 0 Å². The van der Waals surface area contributed by atoms with Crippen LogP contribution in [-0.4, -0.2) is 21.1 Å². The molecule has 0 unspecified atom stereocenters. The summed E-state index contributed by atoms with van der Waals surface area (Å²) >= 11 is 1.31. The summed E-state index contributed by atoms with van der Waals surface area (Å²) in [6.07, 6.45) is 5.13. The van der Waals surface area contributed by atoms with Crippen LogP contribution < -0.4 is 5.32 Å². The average Bonchev–Trinajstić information content (AvgIpc) is 3.04. The van der Waals surface area contributed by atoms with Crippen LogP contribution in [-0.2, 0) is 0 Å². The third kappa shape index (κ3) is 3.07. The molecule has 1 N–H and O–H groups in total. The lowest BCUT2D eigenvalue weighted by atomic mass is 10.1. The second-order valence-corrected chi connectivity index (χ2v) is 5.41. The van der Waals surface area contributed by atoms with Gasteiger partial charge >= 0.3 is 0 Å². The van der Waals surface area contributed by atoms with E-state index in [-0.39, 0.29) is 5.91 Å². The van der Waals surface area contributed by atoms with Gasteiger partial charge in [-0.2, -0.15) is 0 Å². The number of anilines is 1. The Labute approximate surface area is 131 Å². The highest BCUT2D eigenvalue weighted by atomic mass is 32.1. The van der Waals surface area contributed by atoms with Gasteiger partial charge in [0.15, 0.2) is 5.01 Å². The van der Waals surface area contributed by atoms with Crippen molar-refractivity contribution in [2.24, 2.45) is 0 Å². The summed E-state index contributed by atoms with van der Waals surface area (Å²) in [5.41, 5.74) is 2.39. The maximum absolute atomic E-state index is 12.1. The number of nitrogens with zero attached hydrogens (tertiary/aromatic N) is 3. The molecule has 1 amide bonds. The molecule has 0 aliphatic heterocycles. The molecule has 3 rings (SSSR count).